The largest absolute Gasteiger partial charge is 0.326 e. The standard InChI is InChI=1S/C18H21NO/c1-14(2)12-15-8-6-7-9-16(15)13-18(20)19-17-10-4-3-5-11-17/h3-11,14H,12-13H2,1-2H3,(H,19,20). The molecule has 1 amide bonds. The van der Waals surface area contributed by atoms with Crippen LogP contribution in [0.25, 0.3) is 0 Å². The summed E-state index contributed by atoms with van der Waals surface area (Å²) in [6.45, 7) is 4.39. The quantitative estimate of drug-likeness (QED) is 0.869. The first-order valence-corrected chi connectivity index (χ1v) is 7.07. The molecule has 0 bridgehead atoms. The van der Waals surface area contributed by atoms with E-state index in [9.17, 15) is 4.79 Å². The summed E-state index contributed by atoms with van der Waals surface area (Å²) in [6, 6.07) is 17.8. The lowest BCUT2D eigenvalue weighted by molar-refractivity contribution is -0.115. The van der Waals surface area contributed by atoms with E-state index in [1.165, 1.54) is 5.56 Å². The number of carbonyl (C=O) groups is 1. The fraction of sp³-hybridized carbons (Fsp3) is 0.278. The van der Waals surface area contributed by atoms with Crippen LogP contribution in [0.2, 0.25) is 0 Å². The van der Waals surface area contributed by atoms with Gasteiger partial charge in [0.2, 0.25) is 5.91 Å². The third-order valence-electron chi connectivity index (χ3n) is 3.16. The van der Waals surface area contributed by atoms with Crippen molar-refractivity contribution in [2.24, 2.45) is 5.92 Å². The minimum atomic E-state index is 0.0346. The molecule has 0 radical (unpaired) electrons. The van der Waals surface area contributed by atoms with E-state index >= 15 is 0 Å². The van der Waals surface area contributed by atoms with Crippen molar-refractivity contribution >= 4 is 11.6 Å². The molecule has 0 saturated carbocycles. The summed E-state index contributed by atoms with van der Waals surface area (Å²) in [6.07, 6.45) is 1.44. The summed E-state index contributed by atoms with van der Waals surface area (Å²) >= 11 is 0. The molecule has 0 heterocycles. The van der Waals surface area contributed by atoms with Crippen LogP contribution in [-0.4, -0.2) is 5.91 Å². The van der Waals surface area contributed by atoms with Crippen LogP contribution in [0.1, 0.15) is 25.0 Å². The lowest BCUT2D eigenvalue weighted by Gasteiger charge is -2.11. The fourth-order valence-electron chi connectivity index (χ4n) is 2.27. The van der Waals surface area contributed by atoms with Gasteiger partial charge in [0.05, 0.1) is 6.42 Å². The molecule has 2 nitrogen and oxygen atoms in total. The van der Waals surface area contributed by atoms with Gasteiger partial charge in [-0.3, -0.25) is 4.79 Å². The monoisotopic (exact) mass is 267 g/mol. The van der Waals surface area contributed by atoms with Crippen molar-refractivity contribution in [2.45, 2.75) is 26.7 Å². The molecule has 0 spiro atoms. The lowest BCUT2D eigenvalue weighted by Crippen LogP contribution is -2.15. The van der Waals surface area contributed by atoms with E-state index in [0.29, 0.717) is 12.3 Å². The first-order chi connectivity index (χ1) is 9.65. The maximum Gasteiger partial charge on any atom is 0.228 e. The van der Waals surface area contributed by atoms with E-state index in [1.54, 1.807) is 0 Å². The van der Waals surface area contributed by atoms with Crippen molar-refractivity contribution in [1.82, 2.24) is 0 Å². The summed E-state index contributed by atoms with van der Waals surface area (Å²) in [7, 11) is 0. The van der Waals surface area contributed by atoms with Crippen molar-refractivity contribution < 1.29 is 4.79 Å². The van der Waals surface area contributed by atoms with Gasteiger partial charge < -0.3 is 5.32 Å². The average Bonchev–Trinajstić information content (AvgIpc) is 2.41. The summed E-state index contributed by atoms with van der Waals surface area (Å²) < 4.78 is 0. The maximum atomic E-state index is 12.1. The van der Waals surface area contributed by atoms with E-state index in [4.69, 9.17) is 0 Å². The maximum absolute atomic E-state index is 12.1. The zero-order valence-corrected chi connectivity index (χ0v) is 12.1. The molecule has 20 heavy (non-hydrogen) atoms. The molecule has 0 saturated heterocycles. The van der Waals surface area contributed by atoms with E-state index in [2.05, 4.69) is 25.2 Å². The Morgan fingerprint density at radius 3 is 2.20 bits per heavy atom. The van der Waals surface area contributed by atoms with Crippen molar-refractivity contribution in [3.05, 3.63) is 65.7 Å². The zero-order valence-electron chi connectivity index (χ0n) is 12.1. The van der Waals surface area contributed by atoms with Gasteiger partial charge in [-0.05, 0) is 35.6 Å². The Labute approximate surface area is 120 Å². The third kappa shape index (κ3) is 4.23. The van der Waals surface area contributed by atoms with Crippen LogP contribution in [0, 0.1) is 5.92 Å². The van der Waals surface area contributed by atoms with Gasteiger partial charge in [-0.2, -0.15) is 0 Å². The van der Waals surface area contributed by atoms with E-state index in [0.717, 1.165) is 17.7 Å². The van der Waals surface area contributed by atoms with Crippen molar-refractivity contribution in [3.8, 4) is 0 Å². The molecular formula is C18H21NO. The topological polar surface area (TPSA) is 29.1 Å². The van der Waals surface area contributed by atoms with Gasteiger partial charge in [0.25, 0.3) is 0 Å². The lowest BCUT2D eigenvalue weighted by atomic mass is 9.96. The second-order valence-corrected chi connectivity index (χ2v) is 5.46. The van der Waals surface area contributed by atoms with Gasteiger partial charge >= 0.3 is 0 Å². The first kappa shape index (κ1) is 14.3. The Balaban J connectivity index is 2.04. The predicted octanol–water partition coefficient (Wildman–Crippen LogP) is 4.07. The molecule has 104 valence electrons. The number of benzene rings is 2. The highest BCUT2D eigenvalue weighted by Gasteiger charge is 2.09. The van der Waals surface area contributed by atoms with Crippen LogP contribution in [-0.2, 0) is 17.6 Å². The number of para-hydroxylation sites is 1. The van der Waals surface area contributed by atoms with Gasteiger partial charge in [-0.15, -0.1) is 0 Å². The molecule has 2 heteroatoms. The van der Waals surface area contributed by atoms with Gasteiger partial charge in [0.15, 0.2) is 0 Å². The molecule has 0 aliphatic heterocycles. The Morgan fingerprint density at radius 1 is 0.950 bits per heavy atom. The predicted molar refractivity (Wildman–Crippen MR) is 83.8 cm³/mol. The number of rotatable bonds is 5. The van der Waals surface area contributed by atoms with Crippen molar-refractivity contribution in [3.63, 3.8) is 0 Å². The van der Waals surface area contributed by atoms with Crippen LogP contribution in [0.4, 0.5) is 5.69 Å². The average molecular weight is 267 g/mol. The third-order valence-corrected chi connectivity index (χ3v) is 3.16. The van der Waals surface area contributed by atoms with Gasteiger partial charge in [0, 0.05) is 5.69 Å². The van der Waals surface area contributed by atoms with E-state index in [1.807, 2.05) is 48.5 Å². The van der Waals surface area contributed by atoms with Crippen LogP contribution in [0.5, 0.6) is 0 Å². The Hall–Kier alpha value is -2.09. The number of nitrogens with one attached hydrogen (secondary N) is 1. The molecule has 1 N–H and O–H groups in total. The van der Waals surface area contributed by atoms with E-state index in [-0.39, 0.29) is 5.91 Å². The molecule has 0 aliphatic carbocycles. The highest BCUT2D eigenvalue weighted by Crippen LogP contribution is 2.15. The molecule has 0 unspecified atom stereocenters. The highest BCUT2D eigenvalue weighted by molar-refractivity contribution is 5.92. The Kier molecular flexibility index (Phi) is 4.94. The molecule has 0 aliphatic rings. The minimum absolute atomic E-state index is 0.0346. The number of anilines is 1. The van der Waals surface area contributed by atoms with Crippen LogP contribution in [0.3, 0.4) is 0 Å². The molecule has 0 aromatic heterocycles. The van der Waals surface area contributed by atoms with Crippen LogP contribution >= 0.6 is 0 Å². The molecule has 2 aromatic rings. The molecule has 0 fully saturated rings. The molecular weight excluding hydrogens is 246 g/mol. The second kappa shape index (κ2) is 6.90. The molecule has 0 atom stereocenters. The summed E-state index contributed by atoms with van der Waals surface area (Å²) in [5.74, 6) is 0.626. The molecule has 2 rings (SSSR count). The SMILES string of the molecule is CC(C)Cc1ccccc1CC(=O)Nc1ccccc1. The summed E-state index contributed by atoms with van der Waals surface area (Å²) in [5, 5.41) is 2.93. The van der Waals surface area contributed by atoms with Gasteiger partial charge in [-0.1, -0.05) is 56.3 Å². The number of hydrogen-bond acceptors (Lipinski definition) is 1. The van der Waals surface area contributed by atoms with Gasteiger partial charge in [-0.25, -0.2) is 0 Å². The van der Waals surface area contributed by atoms with Gasteiger partial charge in [0.1, 0.15) is 0 Å². The zero-order chi connectivity index (χ0) is 14.4. The smallest absolute Gasteiger partial charge is 0.228 e. The fourth-order valence-corrected chi connectivity index (χ4v) is 2.27. The normalized spacial score (nSPS) is 10.6. The first-order valence-electron chi connectivity index (χ1n) is 7.07. The second-order valence-electron chi connectivity index (χ2n) is 5.46. The van der Waals surface area contributed by atoms with E-state index < -0.39 is 0 Å². The van der Waals surface area contributed by atoms with Crippen molar-refractivity contribution in [2.75, 3.05) is 5.32 Å². The van der Waals surface area contributed by atoms with Crippen LogP contribution < -0.4 is 5.32 Å². The van der Waals surface area contributed by atoms with Crippen molar-refractivity contribution in [1.29, 1.82) is 0 Å². The molecule has 2 aromatic carbocycles. The summed E-state index contributed by atoms with van der Waals surface area (Å²) in [4.78, 5) is 12.1. The Morgan fingerprint density at radius 2 is 1.55 bits per heavy atom. The summed E-state index contributed by atoms with van der Waals surface area (Å²) in [5.41, 5.74) is 3.24. The Bertz CT molecular complexity index is 561. The number of carbonyl (C=O) groups excluding carboxylic acids is 1. The number of hydrogen-bond donors (Lipinski definition) is 1. The highest BCUT2D eigenvalue weighted by atomic mass is 16.1. The number of amides is 1. The van der Waals surface area contributed by atoms with Crippen LogP contribution in [0.15, 0.2) is 54.6 Å². The minimum Gasteiger partial charge on any atom is -0.326 e.